The van der Waals surface area contributed by atoms with Crippen LogP contribution < -0.4 is 10.5 Å². The maximum absolute atomic E-state index is 12.3. The number of benzene rings is 2. The van der Waals surface area contributed by atoms with Gasteiger partial charge in [0.2, 0.25) is 5.89 Å². The van der Waals surface area contributed by atoms with Gasteiger partial charge >= 0.3 is 0 Å². The van der Waals surface area contributed by atoms with Gasteiger partial charge in [-0.3, -0.25) is 0 Å². The van der Waals surface area contributed by atoms with Crippen LogP contribution in [0, 0.1) is 0 Å². The summed E-state index contributed by atoms with van der Waals surface area (Å²) in [4.78, 5) is 8.59. The largest absolute Gasteiger partial charge is 0.491 e. The van der Waals surface area contributed by atoms with Crippen molar-refractivity contribution in [2.24, 2.45) is 0 Å². The third kappa shape index (κ3) is 3.79. The topological polar surface area (TPSA) is 94.4 Å². The molecular formula is C21H18FN3O3. The lowest BCUT2D eigenvalue weighted by molar-refractivity contribution is 0.0842. The first-order valence-electron chi connectivity index (χ1n) is 8.72. The molecule has 1 unspecified atom stereocenters. The number of halogens is 1. The number of ether oxygens (including phenoxy) is 1. The maximum atomic E-state index is 12.3. The number of nitrogens with zero attached hydrogens (tertiary/aromatic N) is 2. The number of aromatic nitrogens is 2. The molecule has 0 fully saturated rings. The standard InChI is InChI=1S/C21H18FN3O3/c22-10-16(26)12-27-17-6-7-18-19(9-17)28-21(25-18)14-3-1-13(2-4-14)15-5-8-20(23)24-11-15/h1-9,11,16,26H,10,12H2,(H2,23,24). The van der Waals surface area contributed by atoms with Gasteiger partial charge in [0.15, 0.2) is 5.58 Å². The Morgan fingerprint density at radius 1 is 1.04 bits per heavy atom. The summed E-state index contributed by atoms with van der Waals surface area (Å²) < 4.78 is 23.5. The van der Waals surface area contributed by atoms with Crippen molar-refractivity contribution in [1.29, 1.82) is 0 Å². The SMILES string of the molecule is Nc1ccc(-c2ccc(-c3nc4ccc(OCC(O)CF)cc4o3)cc2)cn1. The molecule has 6 nitrogen and oxygen atoms in total. The summed E-state index contributed by atoms with van der Waals surface area (Å²) in [7, 11) is 0. The second-order valence-electron chi connectivity index (χ2n) is 6.32. The summed E-state index contributed by atoms with van der Waals surface area (Å²) in [6.45, 7) is -0.971. The van der Waals surface area contributed by atoms with E-state index >= 15 is 0 Å². The van der Waals surface area contributed by atoms with E-state index in [-0.39, 0.29) is 6.61 Å². The molecular weight excluding hydrogens is 361 g/mol. The summed E-state index contributed by atoms with van der Waals surface area (Å²) >= 11 is 0. The molecule has 0 aliphatic rings. The van der Waals surface area contributed by atoms with E-state index in [2.05, 4.69) is 9.97 Å². The molecule has 0 aliphatic carbocycles. The molecule has 4 rings (SSSR count). The molecule has 3 N–H and O–H groups in total. The zero-order valence-electron chi connectivity index (χ0n) is 14.9. The number of nitrogen functional groups attached to an aromatic ring is 1. The van der Waals surface area contributed by atoms with Crippen LogP contribution in [-0.4, -0.2) is 34.5 Å². The van der Waals surface area contributed by atoms with Crippen molar-refractivity contribution in [3.05, 3.63) is 60.8 Å². The second-order valence-corrected chi connectivity index (χ2v) is 6.32. The number of oxazole rings is 1. The molecule has 1 atom stereocenters. The highest BCUT2D eigenvalue weighted by molar-refractivity contribution is 5.78. The van der Waals surface area contributed by atoms with E-state index < -0.39 is 12.8 Å². The van der Waals surface area contributed by atoms with Crippen molar-refractivity contribution in [3.8, 4) is 28.3 Å². The highest BCUT2D eigenvalue weighted by Crippen LogP contribution is 2.29. The molecule has 0 spiro atoms. The van der Waals surface area contributed by atoms with Crippen LogP contribution in [0.25, 0.3) is 33.7 Å². The molecule has 2 aromatic heterocycles. The predicted molar refractivity (Wildman–Crippen MR) is 105 cm³/mol. The minimum Gasteiger partial charge on any atom is -0.491 e. The van der Waals surface area contributed by atoms with Crippen molar-refractivity contribution in [2.75, 3.05) is 19.0 Å². The van der Waals surface area contributed by atoms with E-state index in [9.17, 15) is 9.50 Å². The summed E-state index contributed by atoms with van der Waals surface area (Å²) in [5.41, 5.74) is 9.66. The van der Waals surface area contributed by atoms with Gasteiger partial charge in [-0.15, -0.1) is 0 Å². The fourth-order valence-corrected chi connectivity index (χ4v) is 2.74. The van der Waals surface area contributed by atoms with Gasteiger partial charge in [-0.05, 0) is 42.0 Å². The minimum absolute atomic E-state index is 0.121. The van der Waals surface area contributed by atoms with Crippen LogP contribution in [0.5, 0.6) is 5.75 Å². The van der Waals surface area contributed by atoms with E-state index in [1.807, 2.05) is 30.3 Å². The number of rotatable bonds is 6. The van der Waals surface area contributed by atoms with Crippen LogP contribution in [0.15, 0.2) is 65.2 Å². The Kier molecular flexibility index (Phi) is 4.90. The lowest BCUT2D eigenvalue weighted by atomic mass is 10.1. The molecule has 0 aliphatic heterocycles. The number of aliphatic hydroxyl groups excluding tert-OH is 1. The van der Waals surface area contributed by atoms with Gasteiger partial charge in [-0.2, -0.15) is 0 Å². The number of pyridine rings is 1. The Hall–Kier alpha value is -3.45. The fraction of sp³-hybridized carbons (Fsp3) is 0.143. The number of aliphatic hydroxyl groups is 1. The first-order chi connectivity index (χ1) is 13.6. The predicted octanol–water partition coefficient (Wildman–Crippen LogP) is 3.85. The van der Waals surface area contributed by atoms with Crippen molar-refractivity contribution >= 4 is 16.9 Å². The van der Waals surface area contributed by atoms with Gasteiger partial charge in [0, 0.05) is 23.4 Å². The van der Waals surface area contributed by atoms with Crippen LogP contribution in [0.3, 0.4) is 0 Å². The average Bonchev–Trinajstić information content (AvgIpc) is 3.16. The normalized spacial score (nSPS) is 12.2. The van der Waals surface area contributed by atoms with Crippen LogP contribution in [0.2, 0.25) is 0 Å². The third-order valence-corrected chi connectivity index (χ3v) is 4.23. The Labute approximate surface area is 160 Å². The molecule has 28 heavy (non-hydrogen) atoms. The molecule has 2 heterocycles. The van der Waals surface area contributed by atoms with Crippen LogP contribution in [-0.2, 0) is 0 Å². The first-order valence-corrected chi connectivity index (χ1v) is 8.72. The first kappa shape index (κ1) is 17.9. The number of nitrogens with two attached hydrogens (primary N) is 1. The van der Waals surface area contributed by atoms with E-state index in [4.69, 9.17) is 14.9 Å². The molecule has 142 valence electrons. The fourth-order valence-electron chi connectivity index (χ4n) is 2.74. The van der Waals surface area contributed by atoms with Crippen molar-refractivity contribution in [2.45, 2.75) is 6.10 Å². The Morgan fingerprint density at radius 3 is 2.50 bits per heavy atom. The quantitative estimate of drug-likeness (QED) is 0.528. The van der Waals surface area contributed by atoms with E-state index in [1.165, 1.54) is 0 Å². The molecule has 7 heteroatoms. The number of hydrogen-bond donors (Lipinski definition) is 2. The lowest BCUT2D eigenvalue weighted by Crippen LogP contribution is -2.19. The van der Waals surface area contributed by atoms with Gasteiger partial charge in [0.05, 0.1) is 0 Å². The molecule has 0 radical (unpaired) electrons. The van der Waals surface area contributed by atoms with E-state index in [1.54, 1.807) is 30.5 Å². The maximum Gasteiger partial charge on any atom is 0.227 e. The van der Waals surface area contributed by atoms with Gasteiger partial charge in [-0.25, -0.2) is 14.4 Å². The van der Waals surface area contributed by atoms with Crippen molar-refractivity contribution in [3.63, 3.8) is 0 Å². The summed E-state index contributed by atoms with van der Waals surface area (Å²) in [6, 6.07) is 16.6. The Bertz CT molecular complexity index is 1080. The number of fused-ring (bicyclic) bond motifs is 1. The highest BCUT2D eigenvalue weighted by atomic mass is 19.1. The van der Waals surface area contributed by atoms with Gasteiger partial charge in [-0.1, -0.05) is 12.1 Å². The van der Waals surface area contributed by atoms with Gasteiger partial charge < -0.3 is 20.0 Å². The number of alkyl halides is 1. The van der Waals surface area contributed by atoms with Crippen LogP contribution in [0.1, 0.15) is 0 Å². The number of anilines is 1. The summed E-state index contributed by atoms with van der Waals surface area (Å²) in [5.74, 6) is 1.45. The average molecular weight is 379 g/mol. The molecule has 4 aromatic rings. The molecule has 0 saturated heterocycles. The lowest BCUT2D eigenvalue weighted by Gasteiger charge is -2.08. The molecule has 0 amide bonds. The van der Waals surface area contributed by atoms with E-state index in [0.717, 1.165) is 16.7 Å². The minimum atomic E-state index is -1.14. The molecule has 0 saturated carbocycles. The molecule has 2 aromatic carbocycles. The Morgan fingerprint density at radius 2 is 1.79 bits per heavy atom. The van der Waals surface area contributed by atoms with Crippen molar-refractivity contribution < 1.29 is 18.7 Å². The summed E-state index contributed by atoms with van der Waals surface area (Å²) in [6.07, 6.45) is 0.585. The smallest absolute Gasteiger partial charge is 0.227 e. The summed E-state index contributed by atoms with van der Waals surface area (Å²) in [5, 5.41) is 9.26. The second kappa shape index (κ2) is 7.66. The van der Waals surface area contributed by atoms with Crippen molar-refractivity contribution in [1.82, 2.24) is 9.97 Å². The zero-order chi connectivity index (χ0) is 19.5. The zero-order valence-corrected chi connectivity index (χ0v) is 14.9. The van der Waals surface area contributed by atoms with Gasteiger partial charge in [0.25, 0.3) is 0 Å². The highest BCUT2D eigenvalue weighted by Gasteiger charge is 2.11. The third-order valence-electron chi connectivity index (χ3n) is 4.23. The molecule has 0 bridgehead atoms. The van der Waals surface area contributed by atoms with E-state index in [0.29, 0.717) is 28.6 Å². The Balaban J connectivity index is 1.56. The van der Waals surface area contributed by atoms with Crippen LogP contribution in [0.4, 0.5) is 10.2 Å². The number of hydrogen-bond acceptors (Lipinski definition) is 6. The van der Waals surface area contributed by atoms with Gasteiger partial charge in [0.1, 0.15) is 36.5 Å². The van der Waals surface area contributed by atoms with Crippen LogP contribution >= 0.6 is 0 Å². The monoisotopic (exact) mass is 379 g/mol.